The number of hydrogen-bond donors (Lipinski definition) is 2. The van der Waals surface area contributed by atoms with Gasteiger partial charge in [-0.2, -0.15) is 0 Å². The molecule has 19 heavy (non-hydrogen) atoms. The maximum Gasteiger partial charge on any atom is 0.241 e. The molecule has 4 nitrogen and oxygen atoms in total. The molecule has 0 radical (unpaired) electrons. The van der Waals surface area contributed by atoms with E-state index in [1.54, 1.807) is 7.11 Å². The minimum atomic E-state index is -0.640. The number of nitrogens with one attached hydrogen (secondary N) is 1. The standard InChI is InChI=1S/C15H24N2O2/c1-10(2)13(9-19-4)17-15(18)14(16)12-7-5-11(3)6-8-12/h5-8,10,13-14H,9,16H2,1-4H3,(H,17,18). The van der Waals surface area contributed by atoms with Crippen LogP contribution >= 0.6 is 0 Å². The van der Waals surface area contributed by atoms with Crippen LogP contribution in [-0.2, 0) is 9.53 Å². The number of ether oxygens (including phenoxy) is 1. The molecule has 2 atom stereocenters. The Bertz CT molecular complexity index is 401. The van der Waals surface area contributed by atoms with Crippen LogP contribution in [0.1, 0.15) is 31.0 Å². The first-order valence-corrected chi connectivity index (χ1v) is 6.57. The lowest BCUT2D eigenvalue weighted by molar-refractivity contribution is -0.124. The van der Waals surface area contributed by atoms with E-state index in [2.05, 4.69) is 5.32 Å². The lowest BCUT2D eigenvalue weighted by Gasteiger charge is -2.23. The second-order valence-electron chi connectivity index (χ2n) is 5.20. The van der Waals surface area contributed by atoms with Crippen LogP contribution in [0.15, 0.2) is 24.3 Å². The van der Waals surface area contributed by atoms with Crippen molar-refractivity contribution >= 4 is 5.91 Å². The van der Waals surface area contributed by atoms with Gasteiger partial charge >= 0.3 is 0 Å². The first kappa shape index (κ1) is 15.7. The van der Waals surface area contributed by atoms with Crippen molar-refractivity contribution in [3.8, 4) is 0 Å². The summed E-state index contributed by atoms with van der Waals surface area (Å²) in [5.74, 6) is 0.133. The minimum absolute atomic E-state index is 0.0194. The van der Waals surface area contributed by atoms with Gasteiger partial charge in [-0.1, -0.05) is 43.7 Å². The molecule has 1 aromatic carbocycles. The molecule has 0 bridgehead atoms. The summed E-state index contributed by atoms with van der Waals surface area (Å²) in [7, 11) is 1.63. The molecule has 0 aromatic heterocycles. The van der Waals surface area contributed by atoms with Crippen LogP contribution in [0, 0.1) is 12.8 Å². The van der Waals surface area contributed by atoms with Gasteiger partial charge in [0.2, 0.25) is 5.91 Å². The van der Waals surface area contributed by atoms with Crippen LogP contribution in [0.2, 0.25) is 0 Å². The summed E-state index contributed by atoms with van der Waals surface area (Å²) >= 11 is 0. The van der Waals surface area contributed by atoms with Gasteiger partial charge < -0.3 is 15.8 Å². The zero-order valence-electron chi connectivity index (χ0n) is 12.1. The smallest absolute Gasteiger partial charge is 0.241 e. The van der Waals surface area contributed by atoms with Crippen molar-refractivity contribution in [3.05, 3.63) is 35.4 Å². The number of aryl methyl sites for hydroxylation is 1. The van der Waals surface area contributed by atoms with E-state index in [1.165, 1.54) is 0 Å². The van der Waals surface area contributed by atoms with Gasteiger partial charge in [-0.05, 0) is 18.4 Å². The van der Waals surface area contributed by atoms with Crippen LogP contribution in [0.25, 0.3) is 0 Å². The fourth-order valence-electron chi connectivity index (χ4n) is 1.78. The summed E-state index contributed by atoms with van der Waals surface area (Å²) in [6.07, 6.45) is 0. The average Bonchev–Trinajstić information content (AvgIpc) is 2.38. The normalized spacial score (nSPS) is 14.2. The van der Waals surface area contributed by atoms with Crippen LogP contribution in [0.5, 0.6) is 0 Å². The number of nitrogens with two attached hydrogens (primary N) is 1. The third-order valence-corrected chi connectivity index (χ3v) is 3.20. The summed E-state index contributed by atoms with van der Waals surface area (Å²) in [5.41, 5.74) is 7.95. The number of methoxy groups -OCH3 is 1. The van der Waals surface area contributed by atoms with Crippen molar-refractivity contribution in [1.29, 1.82) is 0 Å². The number of carbonyl (C=O) groups excluding carboxylic acids is 1. The molecule has 1 amide bonds. The van der Waals surface area contributed by atoms with Crippen molar-refractivity contribution in [2.24, 2.45) is 11.7 Å². The molecule has 0 aliphatic rings. The van der Waals surface area contributed by atoms with E-state index < -0.39 is 6.04 Å². The molecule has 0 fully saturated rings. The lowest BCUT2D eigenvalue weighted by atomic mass is 10.0. The SMILES string of the molecule is COCC(NC(=O)C(N)c1ccc(C)cc1)C(C)C. The van der Waals surface area contributed by atoms with Gasteiger partial charge in [-0.25, -0.2) is 0 Å². The summed E-state index contributed by atoms with van der Waals surface area (Å²) in [4.78, 5) is 12.1. The highest BCUT2D eigenvalue weighted by Gasteiger charge is 2.21. The zero-order valence-corrected chi connectivity index (χ0v) is 12.1. The molecule has 4 heteroatoms. The van der Waals surface area contributed by atoms with Gasteiger partial charge in [0.05, 0.1) is 12.6 Å². The molecule has 2 unspecified atom stereocenters. The average molecular weight is 264 g/mol. The Kier molecular flexibility index (Phi) is 5.99. The Hall–Kier alpha value is -1.39. The number of hydrogen-bond acceptors (Lipinski definition) is 3. The van der Waals surface area contributed by atoms with Gasteiger partial charge in [0.25, 0.3) is 0 Å². The first-order chi connectivity index (χ1) is 8.95. The second kappa shape index (κ2) is 7.26. The zero-order chi connectivity index (χ0) is 14.4. The monoisotopic (exact) mass is 264 g/mol. The van der Waals surface area contributed by atoms with E-state index in [-0.39, 0.29) is 11.9 Å². The van der Waals surface area contributed by atoms with E-state index in [0.717, 1.165) is 11.1 Å². The predicted octanol–water partition coefficient (Wildman–Crippen LogP) is 1.78. The van der Waals surface area contributed by atoms with Crippen molar-refractivity contribution in [2.45, 2.75) is 32.9 Å². The van der Waals surface area contributed by atoms with Gasteiger partial charge in [0.15, 0.2) is 0 Å². The van der Waals surface area contributed by atoms with E-state index in [0.29, 0.717) is 12.5 Å². The fraction of sp³-hybridized carbons (Fsp3) is 0.533. The predicted molar refractivity (Wildman–Crippen MR) is 76.8 cm³/mol. The molecule has 0 aliphatic carbocycles. The van der Waals surface area contributed by atoms with Crippen LogP contribution in [0.4, 0.5) is 0 Å². The fourth-order valence-corrected chi connectivity index (χ4v) is 1.78. The molecule has 1 aromatic rings. The molecule has 1 rings (SSSR count). The Morgan fingerprint density at radius 3 is 2.37 bits per heavy atom. The molecule has 3 N–H and O–H groups in total. The molecular weight excluding hydrogens is 240 g/mol. The summed E-state index contributed by atoms with van der Waals surface area (Å²) in [5, 5.41) is 2.94. The van der Waals surface area contributed by atoms with E-state index >= 15 is 0 Å². The molecule has 0 aliphatic heterocycles. The van der Waals surface area contributed by atoms with Crippen LogP contribution in [0.3, 0.4) is 0 Å². The number of benzene rings is 1. The second-order valence-corrected chi connectivity index (χ2v) is 5.20. The number of amides is 1. The topological polar surface area (TPSA) is 64.3 Å². The van der Waals surface area contributed by atoms with Gasteiger partial charge in [-0.3, -0.25) is 4.79 Å². The summed E-state index contributed by atoms with van der Waals surface area (Å²) in [6.45, 7) is 6.58. The Labute approximate surface area is 115 Å². The minimum Gasteiger partial charge on any atom is -0.383 e. The first-order valence-electron chi connectivity index (χ1n) is 6.57. The largest absolute Gasteiger partial charge is 0.383 e. The van der Waals surface area contributed by atoms with E-state index in [1.807, 2.05) is 45.0 Å². The molecule has 106 valence electrons. The Morgan fingerprint density at radius 1 is 1.32 bits per heavy atom. The Morgan fingerprint density at radius 2 is 1.89 bits per heavy atom. The highest BCUT2D eigenvalue weighted by molar-refractivity contribution is 5.83. The summed E-state index contributed by atoms with van der Waals surface area (Å²) < 4.78 is 5.11. The van der Waals surface area contributed by atoms with Crippen molar-refractivity contribution in [2.75, 3.05) is 13.7 Å². The van der Waals surface area contributed by atoms with E-state index in [4.69, 9.17) is 10.5 Å². The third kappa shape index (κ3) is 4.65. The van der Waals surface area contributed by atoms with E-state index in [9.17, 15) is 4.79 Å². The van der Waals surface area contributed by atoms with Gasteiger partial charge in [-0.15, -0.1) is 0 Å². The van der Waals surface area contributed by atoms with Crippen molar-refractivity contribution in [3.63, 3.8) is 0 Å². The Balaban J connectivity index is 2.68. The van der Waals surface area contributed by atoms with Gasteiger partial charge in [0, 0.05) is 7.11 Å². The van der Waals surface area contributed by atoms with Crippen LogP contribution in [-0.4, -0.2) is 25.7 Å². The highest BCUT2D eigenvalue weighted by Crippen LogP contribution is 2.12. The van der Waals surface area contributed by atoms with Gasteiger partial charge in [0.1, 0.15) is 6.04 Å². The number of rotatable bonds is 6. The lowest BCUT2D eigenvalue weighted by Crippen LogP contribution is -2.45. The molecule has 0 heterocycles. The quantitative estimate of drug-likeness (QED) is 0.823. The number of carbonyl (C=O) groups is 1. The maximum absolute atomic E-state index is 12.1. The molecular formula is C15H24N2O2. The van der Waals surface area contributed by atoms with Crippen molar-refractivity contribution in [1.82, 2.24) is 5.32 Å². The van der Waals surface area contributed by atoms with Crippen LogP contribution < -0.4 is 11.1 Å². The highest BCUT2D eigenvalue weighted by atomic mass is 16.5. The molecule has 0 saturated heterocycles. The molecule has 0 saturated carbocycles. The summed E-state index contributed by atoms with van der Waals surface area (Å²) in [6, 6.07) is 7.03. The third-order valence-electron chi connectivity index (χ3n) is 3.20. The van der Waals surface area contributed by atoms with Crippen molar-refractivity contribution < 1.29 is 9.53 Å². The maximum atomic E-state index is 12.1. The molecule has 0 spiro atoms.